The first-order valence-electron chi connectivity index (χ1n) is 15.1. The van der Waals surface area contributed by atoms with Crippen LogP contribution in [0.25, 0.3) is 0 Å². The summed E-state index contributed by atoms with van der Waals surface area (Å²) in [6.07, 6.45) is 4.88. The maximum absolute atomic E-state index is 12.8. The first-order chi connectivity index (χ1) is 19.6. The van der Waals surface area contributed by atoms with Gasteiger partial charge in [0.15, 0.2) is 11.1 Å². The zero-order chi connectivity index (χ0) is 31.9. The van der Waals surface area contributed by atoms with Crippen molar-refractivity contribution in [1.82, 2.24) is 0 Å². The average Bonchev–Trinajstić information content (AvgIpc) is 3.60. The number of hydrogen-bond donors (Lipinski definition) is 2. The molecule has 2 aromatic rings. The van der Waals surface area contributed by atoms with Gasteiger partial charge in [0.2, 0.25) is 0 Å². The monoisotopic (exact) mass is 874 g/mol. The first-order valence-corrected chi connectivity index (χ1v) is 17.0. The van der Waals surface area contributed by atoms with Crippen molar-refractivity contribution in [2.24, 2.45) is 0 Å². The van der Waals surface area contributed by atoms with E-state index in [9.17, 15) is 9.59 Å². The van der Waals surface area contributed by atoms with Crippen LogP contribution in [0.4, 0.5) is 11.4 Å². The summed E-state index contributed by atoms with van der Waals surface area (Å²) in [6, 6.07) is 12.2. The Morgan fingerprint density at radius 1 is 0.644 bits per heavy atom. The standard InChI is InChI=1S/2C17H26N2O.Ag.2ClH.HI.H2O/c2*1-13-9-8-10-14(2)15(13)18-16(20)17(3,4)19(5)11-6-7-12-19;;;;;/h2*8-10H,6-7,11-12H2,1-5H3;;3*1H;1H2/q;;+1;;;;/p+1. The summed E-state index contributed by atoms with van der Waals surface area (Å²) in [7, 11) is 8.86. The van der Waals surface area contributed by atoms with E-state index in [1.54, 1.807) is 0 Å². The Labute approximate surface area is 312 Å². The molecule has 2 aliphatic heterocycles. The minimum atomic E-state index is -0.398. The predicted octanol–water partition coefficient (Wildman–Crippen LogP) is 7.42. The molecule has 2 aromatic carbocycles. The van der Waals surface area contributed by atoms with Gasteiger partial charge in [0.25, 0.3) is 11.8 Å². The fourth-order valence-corrected chi connectivity index (χ4v) is 6.23. The SMILES string of the molecule is Cc1cccc(C)c1NC(=O)C(C)(C)[N+]1(C)CCCC1.Cc1cccc(C)c1NC(=O)C(C)(C)[N+]1(C)CCCC1.Cl.I.O.[Cl][Ag]. The van der Waals surface area contributed by atoms with E-state index >= 15 is 0 Å². The number of carbonyl (C=O) groups is 2. The van der Waals surface area contributed by atoms with Gasteiger partial charge < -0.3 is 25.1 Å². The molecule has 0 saturated carbocycles. The average molecular weight is 877 g/mol. The quantitative estimate of drug-likeness (QED) is 0.180. The summed E-state index contributed by atoms with van der Waals surface area (Å²) in [5, 5.41) is 6.33. The molecule has 2 saturated heterocycles. The number of rotatable bonds is 6. The van der Waals surface area contributed by atoms with Crippen LogP contribution in [0.3, 0.4) is 0 Å². The van der Waals surface area contributed by atoms with E-state index in [1.807, 2.05) is 64.1 Å². The van der Waals surface area contributed by atoms with E-state index in [0.717, 1.165) is 68.8 Å². The fourth-order valence-electron chi connectivity index (χ4n) is 6.23. The topological polar surface area (TPSA) is 89.7 Å². The van der Waals surface area contributed by atoms with Crippen molar-refractivity contribution in [3.8, 4) is 0 Å². The van der Waals surface area contributed by atoms with Crippen LogP contribution < -0.4 is 10.6 Å². The molecule has 11 heteroatoms. The second-order valence-corrected chi connectivity index (χ2v) is 13.7. The van der Waals surface area contributed by atoms with Gasteiger partial charge in [-0.2, -0.15) is 0 Å². The van der Waals surface area contributed by atoms with Gasteiger partial charge in [0.05, 0.1) is 40.3 Å². The third kappa shape index (κ3) is 10.6. The van der Waals surface area contributed by atoms with E-state index in [4.69, 9.17) is 0 Å². The molecule has 2 amide bonds. The van der Waals surface area contributed by atoms with Gasteiger partial charge in [-0.15, -0.1) is 36.4 Å². The molecular formula is C34H58AgCl2IN4O3+2. The van der Waals surface area contributed by atoms with Gasteiger partial charge in [0.1, 0.15) is 0 Å². The van der Waals surface area contributed by atoms with E-state index in [1.165, 1.54) is 25.7 Å². The van der Waals surface area contributed by atoms with Gasteiger partial charge in [-0.3, -0.25) is 9.59 Å². The molecule has 0 atom stereocenters. The van der Waals surface area contributed by atoms with Crippen molar-refractivity contribution in [3.63, 3.8) is 0 Å². The second-order valence-electron chi connectivity index (χ2n) is 13.7. The van der Waals surface area contributed by atoms with Crippen molar-refractivity contribution in [2.75, 3.05) is 50.9 Å². The van der Waals surface area contributed by atoms with Crippen LogP contribution in [-0.2, 0) is 29.6 Å². The summed E-state index contributed by atoms with van der Waals surface area (Å²) in [5.41, 5.74) is 5.64. The van der Waals surface area contributed by atoms with Crippen molar-refractivity contribution in [1.29, 1.82) is 0 Å². The van der Waals surface area contributed by atoms with Gasteiger partial charge in [-0.05, 0) is 77.6 Å². The van der Waals surface area contributed by atoms with Crippen LogP contribution in [0.15, 0.2) is 36.4 Å². The second kappa shape index (κ2) is 19.3. The van der Waals surface area contributed by atoms with Crippen molar-refractivity contribution in [3.05, 3.63) is 58.7 Å². The van der Waals surface area contributed by atoms with Gasteiger partial charge in [-0.25, -0.2) is 0 Å². The van der Waals surface area contributed by atoms with Crippen LogP contribution in [0.1, 0.15) is 75.6 Å². The Hall–Kier alpha value is -0.690. The summed E-state index contributed by atoms with van der Waals surface area (Å²) < 4.78 is 1.67. The van der Waals surface area contributed by atoms with Gasteiger partial charge >= 0.3 is 29.2 Å². The predicted molar refractivity (Wildman–Crippen MR) is 200 cm³/mol. The van der Waals surface area contributed by atoms with Crippen molar-refractivity contribution < 1.29 is 44.0 Å². The fraction of sp³-hybridized carbons (Fsp3) is 0.588. The van der Waals surface area contributed by atoms with E-state index in [0.29, 0.717) is 0 Å². The zero-order valence-corrected chi connectivity index (χ0v) is 34.2. The summed E-state index contributed by atoms with van der Waals surface area (Å²) in [5.74, 6) is 0.249. The molecule has 4 rings (SSSR count). The number of likely N-dealkylation sites (tertiary alicyclic amines) is 2. The third-order valence-corrected chi connectivity index (χ3v) is 10.4. The molecule has 0 radical (unpaired) electrons. The van der Waals surface area contributed by atoms with Crippen LogP contribution in [-0.4, -0.2) is 77.6 Å². The molecule has 4 N–H and O–H groups in total. The molecule has 2 fully saturated rings. The van der Waals surface area contributed by atoms with E-state index in [-0.39, 0.29) is 53.7 Å². The Kier molecular flexibility index (Phi) is 20.0. The van der Waals surface area contributed by atoms with Crippen LogP contribution in [0.5, 0.6) is 0 Å². The van der Waals surface area contributed by atoms with Crippen LogP contribution in [0.2, 0.25) is 0 Å². The summed E-state index contributed by atoms with van der Waals surface area (Å²) >= 11 is 2.42. The molecule has 45 heavy (non-hydrogen) atoms. The number of para-hydroxylation sites is 2. The number of anilines is 2. The van der Waals surface area contributed by atoms with E-state index in [2.05, 4.69) is 81.6 Å². The first kappa shape index (κ1) is 46.4. The molecule has 2 aliphatic rings. The Balaban J connectivity index is 0. The number of nitrogens with zero attached hydrogens (tertiary/aromatic N) is 2. The molecular weight excluding hydrogens is 818 g/mol. The van der Waals surface area contributed by atoms with Crippen molar-refractivity contribution in [2.45, 2.75) is 92.2 Å². The zero-order valence-electron chi connectivity index (χ0n) is 28.8. The van der Waals surface area contributed by atoms with Gasteiger partial charge in [-0.1, -0.05) is 36.4 Å². The van der Waals surface area contributed by atoms with Crippen molar-refractivity contribution >= 4 is 68.8 Å². The molecule has 7 nitrogen and oxygen atoms in total. The Morgan fingerprint density at radius 3 is 1.09 bits per heavy atom. The number of nitrogens with one attached hydrogen (secondary N) is 2. The van der Waals surface area contributed by atoms with Crippen LogP contribution in [0, 0.1) is 27.7 Å². The number of carbonyl (C=O) groups excluding carboxylic acids is 2. The number of aryl methyl sites for hydroxylation is 4. The summed E-state index contributed by atoms with van der Waals surface area (Å²) in [6.45, 7) is 20.8. The third-order valence-electron chi connectivity index (χ3n) is 10.4. The summed E-state index contributed by atoms with van der Waals surface area (Å²) in [4.78, 5) is 25.6. The number of benzene rings is 2. The van der Waals surface area contributed by atoms with E-state index < -0.39 is 11.1 Å². The molecule has 2 heterocycles. The number of amides is 2. The molecule has 0 bridgehead atoms. The molecule has 0 unspecified atom stereocenters. The Bertz CT molecular complexity index is 1110. The molecule has 0 spiro atoms. The molecule has 0 aromatic heterocycles. The van der Waals surface area contributed by atoms with Crippen LogP contribution >= 0.6 is 45.6 Å². The molecule has 262 valence electrons. The number of halogens is 3. The Morgan fingerprint density at radius 2 is 0.867 bits per heavy atom. The maximum atomic E-state index is 12.8. The normalized spacial score (nSPS) is 16.2. The van der Waals surface area contributed by atoms with Gasteiger partial charge in [0, 0.05) is 37.1 Å². The molecule has 0 aliphatic carbocycles. The minimum absolute atomic E-state index is 0. The number of quaternary nitrogens is 2. The number of hydrogen-bond acceptors (Lipinski definition) is 2. The number of likely N-dealkylation sites (N-methyl/N-ethyl adjacent to an activating group) is 2.